The second kappa shape index (κ2) is 6.91. The molecule has 90 valence electrons. The van der Waals surface area contributed by atoms with Crippen molar-refractivity contribution in [3.05, 3.63) is 20.8 Å². The minimum Gasteiger partial charge on any atom is -0.357 e. The Morgan fingerprint density at radius 3 is 2.81 bits per heavy atom. The van der Waals surface area contributed by atoms with Gasteiger partial charge in [-0.25, -0.2) is 4.99 Å². The fraction of sp³-hybridized carbons (Fsp3) is 0.545. The van der Waals surface area contributed by atoms with E-state index in [-0.39, 0.29) is 0 Å². The van der Waals surface area contributed by atoms with E-state index in [0.29, 0.717) is 12.6 Å². The van der Waals surface area contributed by atoms with Crippen molar-refractivity contribution in [1.29, 1.82) is 0 Å². The van der Waals surface area contributed by atoms with Crippen molar-refractivity contribution >= 4 is 33.2 Å². The number of rotatable bonds is 4. The van der Waals surface area contributed by atoms with Gasteiger partial charge in [0.1, 0.15) is 0 Å². The molecule has 16 heavy (non-hydrogen) atoms. The maximum Gasteiger partial charge on any atom is 0.191 e. The number of aliphatic imine (C=N–C) groups is 1. The smallest absolute Gasteiger partial charge is 0.191 e. The summed E-state index contributed by atoms with van der Waals surface area (Å²) in [6.45, 7) is 7.87. The largest absolute Gasteiger partial charge is 0.357 e. The number of nitrogens with zero attached hydrogens (tertiary/aromatic N) is 1. The molecule has 2 N–H and O–H groups in total. The molecule has 5 heteroatoms. The van der Waals surface area contributed by atoms with Crippen LogP contribution in [0.25, 0.3) is 0 Å². The van der Waals surface area contributed by atoms with Gasteiger partial charge in [0.25, 0.3) is 0 Å². The maximum atomic E-state index is 4.52. The molecule has 0 radical (unpaired) electrons. The zero-order valence-corrected chi connectivity index (χ0v) is 12.3. The van der Waals surface area contributed by atoms with Crippen LogP contribution in [0.5, 0.6) is 0 Å². The first-order chi connectivity index (χ1) is 7.61. The van der Waals surface area contributed by atoms with Crippen molar-refractivity contribution in [3.63, 3.8) is 0 Å². The lowest BCUT2D eigenvalue weighted by Crippen LogP contribution is -2.40. The molecule has 0 amide bonds. The molecule has 0 atom stereocenters. The summed E-state index contributed by atoms with van der Waals surface area (Å²) in [6.07, 6.45) is 0. The molecule has 0 unspecified atom stereocenters. The predicted molar refractivity (Wildman–Crippen MR) is 75.1 cm³/mol. The van der Waals surface area contributed by atoms with Gasteiger partial charge in [0, 0.05) is 12.6 Å². The van der Waals surface area contributed by atoms with Crippen molar-refractivity contribution in [2.45, 2.75) is 33.4 Å². The SMILES string of the molecule is CCNC(=NCc1csc(Br)c1)NC(C)C. The fourth-order valence-corrected chi connectivity index (χ4v) is 2.39. The normalized spacial score (nSPS) is 11.9. The molecule has 1 heterocycles. The number of halogens is 1. The summed E-state index contributed by atoms with van der Waals surface area (Å²) in [5, 5.41) is 8.63. The van der Waals surface area contributed by atoms with Crippen LogP contribution >= 0.6 is 27.3 Å². The minimum atomic E-state index is 0.395. The molecule has 1 aromatic heterocycles. The van der Waals surface area contributed by atoms with E-state index < -0.39 is 0 Å². The molecule has 0 aliphatic rings. The average Bonchev–Trinajstić information content (AvgIpc) is 2.60. The summed E-state index contributed by atoms with van der Waals surface area (Å²) in [7, 11) is 0. The number of hydrogen-bond acceptors (Lipinski definition) is 2. The Labute approximate surface area is 109 Å². The minimum absolute atomic E-state index is 0.395. The van der Waals surface area contributed by atoms with Gasteiger partial charge < -0.3 is 10.6 Å². The molecule has 0 spiro atoms. The van der Waals surface area contributed by atoms with Crippen LogP contribution in [-0.2, 0) is 6.54 Å². The predicted octanol–water partition coefficient (Wildman–Crippen LogP) is 2.97. The van der Waals surface area contributed by atoms with Crippen molar-refractivity contribution in [2.75, 3.05) is 6.54 Å². The van der Waals surface area contributed by atoms with Gasteiger partial charge in [-0.2, -0.15) is 0 Å². The van der Waals surface area contributed by atoms with Crippen LogP contribution in [0.2, 0.25) is 0 Å². The Kier molecular flexibility index (Phi) is 5.84. The summed E-state index contributed by atoms with van der Waals surface area (Å²) in [4.78, 5) is 4.52. The molecule has 0 saturated carbocycles. The first-order valence-corrected chi connectivity index (χ1v) is 7.06. The molecule has 0 fully saturated rings. The van der Waals surface area contributed by atoms with Crippen LogP contribution in [0.1, 0.15) is 26.3 Å². The average molecular weight is 304 g/mol. The Hall–Kier alpha value is -0.550. The van der Waals surface area contributed by atoms with Gasteiger partial charge in [0.2, 0.25) is 0 Å². The molecule has 0 bridgehead atoms. The van der Waals surface area contributed by atoms with Gasteiger partial charge in [-0.05, 0) is 53.7 Å². The first-order valence-electron chi connectivity index (χ1n) is 5.39. The summed E-state index contributed by atoms with van der Waals surface area (Å²) in [6, 6.07) is 2.50. The van der Waals surface area contributed by atoms with Gasteiger partial charge in [-0.1, -0.05) is 0 Å². The van der Waals surface area contributed by atoms with E-state index in [0.717, 1.165) is 16.3 Å². The highest BCUT2D eigenvalue weighted by molar-refractivity contribution is 9.11. The Morgan fingerprint density at radius 2 is 2.31 bits per heavy atom. The summed E-state index contributed by atoms with van der Waals surface area (Å²) in [5.74, 6) is 0.875. The van der Waals surface area contributed by atoms with Crippen LogP contribution in [0.3, 0.4) is 0 Å². The lowest BCUT2D eigenvalue weighted by molar-refractivity contribution is 0.701. The molecular weight excluding hydrogens is 286 g/mol. The van der Waals surface area contributed by atoms with E-state index in [9.17, 15) is 0 Å². The summed E-state index contributed by atoms with van der Waals surface area (Å²) >= 11 is 5.14. The summed E-state index contributed by atoms with van der Waals surface area (Å²) < 4.78 is 1.15. The Balaban J connectivity index is 2.56. The van der Waals surface area contributed by atoms with Crippen molar-refractivity contribution in [1.82, 2.24) is 10.6 Å². The third-order valence-corrected chi connectivity index (χ3v) is 3.36. The first kappa shape index (κ1) is 13.5. The molecule has 1 aromatic rings. The highest BCUT2D eigenvalue weighted by Crippen LogP contribution is 2.20. The van der Waals surface area contributed by atoms with Crippen LogP contribution in [0.15, 0.2) is 20.2 Å². The monoisotopic (exact) mass is 303 g/mol. The van der Waals surface area contributed by atoms with Crippen LogP contribution < -0.4 is 10.6 Å². The molecule has 1 rings (SSSR count). The molecule has 0 aliphatic heterocycles. The third kappa shape index (κ3) is 4.99. The quantitative estimate of drug-likeness (QED) is 0.663. The zero-order valence-electron chi connectivity index (χ0n) is 9.88. The van der Waals surface area contributed by atoms with E-state index in [1.165, 1.54) is 5.56 Å². The lowest BCUT2D eigenvalue weighted by atomic mass is 10.3. The Morgan fingerprint density at radius 1 is 1.56 bits per heavy atom. The van der Waals surface area contributed by atoms with Crippen molar-refractivity contribution < 1.29 is 0 Å². The second-order valence-corrected chi connectivity index (χ2v) is 6.04. The molecule has 0 saturated heterocycles. The van der Waals surface area contributed by atoms with Crippen molar-refractivity contribution in [3.8, 4) is 0 Å². The van der Waals surface area contributed by atoms with E-state index in [4.69, 9.17) is 0 Å². The number of thiophene rings is 1. The van der Waals surface area contributed by atoms with Gasteiger partial charge in [-0.15, -0.1) is 11.3 Å². The number of hydrogen-bond donors (Lipinski definition) is 2. The zero-order chi connectivity index (χ0) is 12.0. The third-order valence-electron chi connectivity index (χ3n) is 1.81. The van der Waals surface area contributed by atoms with Gasteiger partial charge in [-0.3, -0.25) is 0 Å². The van der Waals surface area contributed by atoms with E-state index >= 15 is 0 Å². The van der Waals surface area contributed by atoms with Gasteiger partial charge >= 0.3 is 0 Å². The maximum absolute atomic E-state index is 4.52. The molecule has 3 nitrogen and oxygen atoms in total. The number of guanidine groups is 1. The second-order valence-electron chi connectivity index (χ2n) is 3.75. The standard InChI is InChI=1S/C11H18BrN3S/c1-4-13-11(15-8(2)3)14-6-9-5-10(12)16-7-9/h5,7-8H,4,6H2,1-3H3,(H2,13,14,15). The van der Waals surface area contributed by atoms with Crippen LogP contribution in [0.4, 0.5) is 0 Å². The highest BCUT2D eigenvalue weighted by atomic mass is 79.9. The molecule has 0 aliphatic carbocycles. The van der Waals surface area contributed by atoms with E-state index in [1.54, 1.807) is 11.3 Å². The van der Waals surface area contributed by atoms with E-state index in [2.05, 4.69) is 63.8 Å². The fourth-order valence-electron chi connectivity index (χ4n) is 1.19. The molecule has 0 aromatic carbocycles. The van der Waals surface area contributed by atoms with Crippen LogP contribution in [-0.4, -0.2) is 18.5 Å². The highest BCUT2D eigenvalue weighted by Gasteiger charge is 2.00. The lowest BCUT2D eigenvalue weighted by Gasteiger charge is -2.13. The Bertz CT molecular complexity index is 347. The van der Waals surface area contributed by atoms with Crippen molar-refractivity contribution in [2.24, 2.45) is 4.99 Å². The summed E-state index contributed by atoms with van der Waals surface area (Å²) in [5.41, 5.74) is 1.23. The number of nitrogens with one attached hydrogen (secondary N) is 2. The topological polar surface area (TPSA) is 36.4 Å². The van der Waals surface area contributed by atoms with Crippen LogP contribution in [0, 0.1) is 0 Å². The van der Waals surface area contributed by atoms with Gasteiger partial charge in [0.15, 0.2) is 5.96 Å². The van der Waals surface area contributed by atoms with Gasteiger partial charge in [0.05, 0.1) is 10.3 Å². The molecular formula is C11H18BrN3S. The van der Waals surface area contributed by atoms with E-state index in [1.807, 2.05) is 0 Å².